The fourth-order valence-corrected chi connectivity index (χ4v) is 1.14. The van der Waals surface area contributed by atoms with Crippen molar-refractivity contribution >= 4 is 5.97 Å². The van der Waals surface area contributed by atoms with Gasteiger partial charge in [0.2, 0.25) is 0 Å². The third-order valence-electron chi connectivity index (χ3n) is 2.09. The Labute approximate surface area is 90.2 Å². The number of rotatable bonds is 3. The molecule has 0 unspecified atom stereocenters. The molecule has 0 aliphatic heterocycles. The summed E-state index contributed by atoms with van der Waals surface area (Å²) in [6, 6.07) is 0.667. The van der Waals surface area contributed by atoms with Crippen molar-refractivity contribution < 1.29 is 22.7 Å². The minimum Gasteiger partial charge on any atom is -0.469 e. The standard InChI is InChI=1S/C10H10F3NO2/c1-5-6(11)3-8(10(12)13)14-7(5)4-9(15)16-2/h3,10H,4H2,1-2H3. The number of ether oxygens (including phenoxy) is 1. The highest BCUT2D eigenvalue weighted by atomic mass is 19.3. The first kappa shape index (κ1) is 12.5. The molecule has 0 aromatic carbocycles. The van der Waals surface area contributed by atoms with Crippen LogP contribution >= 0.6 is 0 Å². The fourth-order valence-electron chi connectivity index (χ4n) is 1.14. The average Bonchev–Trinajstić information content (AvgIpc) is 2.23. The van der Waals surface area contributed by atoms with Gasteiger partial charge in [-0.1, -0.05) is 0 Å². The smallest absolute Gasteiger partial charge is 0.311 e. The van der Waals surface area contributed by atoms with Crippen molar-refractivity contribution in [3.63, 3.8) is 0 Å². The number of halogens is 3. The lowest BCUT2D eigenvalue weighted by Gasteiger charge is -2.07. The Morgan fingerprint density at radius 2 is 2.19 bits per heavy atom. The second kappa shape index (κ2) is 4.96. The first-order chi connectivity index (χ1) is 7.45. The van der Waals surface area contributed by atoms with Gasteiger partial charge < -0.3 is 4.74 Å². The van der Waals surface area contributed by atoms with Gasteiger partial charge in [0.1, 0.15) is 11.5 Å². The van der Waals surface area contributed by atoms with E-state index in [0.29, 0.717) is 6.07 Å². The summed E-state index contributed by atoms with van der Waals surface area (Å²) in [5.41, 5.74) is -0.626. The number of alkyl halides is 2. The highest BCUT2D eigenvalue weighted by molar-refractivity contribution is 5.72. The van der Waals surface area contributed by atoms with E-state index in [9.17, 15) is 18.0 Å². The maximum absolute atomic E-state index is 13.2. The van der Waals surface area contributed by atoms with E-state index in [2.05, 4.69) is 9.72 Å². The number of pyridine rings is 1. The molecule has 0 N–H and O–H groups in total. The predicted molar refractivity (Wildman–Crippen MR) is 49.6 cm³/mol. The molecule has 3 nitrogen and oxygen atoms in total. The summed E-state index contributed by atoms with van der Waals surface area (Å²) in [5.74, 6) is -1.45. The van der Waals surface area contributed by atoms with Gasteiger partial charge in [-0.2, -0.15) is 0 Å². The van der Waals surface area contributed by atoms with Crippen LogP contribution < -0.4 is 0 Å². The summed E-state index contributed by atoms with van der Waals surface area (Å²) >= 11 is 0. The average molecular weight is 233 g/mol. The molecule has 0 saturated heterocycles. The lowest BCUT2D eigenvalue weighted by atomic mass is 10.1. The summed E-state index contributed by atoms with van der Waals surface area (Å²) in [7, 11) is 1.16. The Kier molecular flexibility index (Phi) is 3.87. The molecule has 0 aliphatic carbocycles. The van der Waals surface area contributed by atoms with Crippen LogP contribution in [0.3, 0.4) is 0 Å². The minimum absolute atomic E-state index is 0.0258. The van der Waals surface area contributed by atoms with Crippen molar-refractivity contribution in [2.45, 2.75) is 19.8 Å². The highest BCUT2D eigenvalue weighted by Gasteiger charge is 2.17. The molecule has 1 aromatic rings. The molecular weight excluding hydrogens is 223 g/mol. The molecule has 0 radical (unpaired) electrons. The first-order valence-corrected chi connectivity index (χ1v) is 4.46. The SMILES string of the molecule is COC(=O)Cc1nc(C(F)F)cc(F)c1C. The number of aromatic nitrogens is 1. The number of esters is 1. The molecular formula is C10H10F3NO2. The van der Waals surface area contributed by atoms with Crippen molar-refractivity contribution in [2.24, 2.45) is 0 Å². The van der Waals surface area contributed by atoms with Gasteiger partial charge in [-0.05, 0) is 6.92 Å². The normalized spacial score (nSPS) is 10.6. The zero-order chi connectivity index (χ0) is 12.3. The molecule has 1 rings (SSSR count). The van der Waals surface area contributed by atoms with E-state index in [1.165, 1.54) is 6.92 Å². The Hall–Kier alpha value is -1.59. The summed E-state index contributed by atoms with van der Waals surface area (Å²) in [6.07, 6.45) is -3.19. The third-order valence-corrected chi connectivity index (χ3v) is 2.09. The Morgan fingerprint density at radius 1 is 1.56 bits per heavy atom. The summed E-state index contributed by atoms with van der Waals surface area (Å²) < 4.78 is 42.3. The zero-order valence-electron chi connectivity index (χ0n) is 8.76. The van der Waals surface area contributed by atoms with Crippen LogP contribution in [-0.2, 0) is 16.0 Å². The van der Waals surface area contributed by atoms with Crippen molar-refractivity contribution in [3.8, 4) is 0 Å². The van der Waals surface area contributed by atoms with Crippen molar-refractivity contribution in [1.29, 1.82) is 0 Å². The number of nitrogens with zero attached hydrogens (tertiary/aromatic N) is 1. The van der Waals surface area contributed by atoms with Gasteiger partial charge in [-0.3, -0.25) is 9.78 Å². The van der Waals surface area contributed by atoms with Gasteiger partial charge in [0.25, 0.3) is 6.43 Å². The van der Waals surface area contributed by atoms with Crippen LogP contribution in [0.25, 0.3) is 0 Å². The lowest BCUT2D eigenvalue weighted by Crippen LogP contribution is -2.10. The number of methoxy groups -OCH3 is 1. The Balaban J connectivity index is 3.11. The first-order valence-electron chi connectivity index (χ1n) is 4.46. The van der Waals surface area contributed by atoms with Crippen molar-refractivity contribution in [2.75, 3.05) is 7.11 Å². The number of hydrogen-bond acceptors (Lipinski definition) is 3. The van der Waals surface area contributed by atoms with Gasteiger partial charge in [0.05, 0.1) is 19.2 Å². The van der Waals surface area contributed by atoms with Crippen LogP contribution in [-0.4, -0.2) is 18.1 Å². The van der Waals surface area contributed by atoms with Crippen molar-refractivity contribution in [3.05, 3.63) is 28.8 Å². The van der Waals surface area contributed by atoms with Gasteiger partial charge in [-0.25, -0.2) is 13.2 Å². The van der Waals surface area contributed by atoms with E-state index < -0.39 is 23.9 Å². The third kappa shape index (κ3) is 2.71. The molecule has 6 heteroatoms. The molecule has 1 heterocycles. The topological polar surface area (TPSA) is 39.2 Å². The maximum Gasteiger partial charge on any atom is 0.311 e. The summed E-state index contributed by atoms with van der Waals surface area (Å²) in [6.45, 7) is 1.37. The highest BCUT2D eigenvalue weighted by Crippen LogP contribution is 2.21. The van der Waals surface area contributed by atoms with E-state index in [0.717, 1.165) is 7.11 Å². The van der Waals surface area contributed by atoms with Crippen LogP contribution in [0, 0.1) is 12.7 Å². The number of hydrogen-bond donors (Lipinski definition) is 0. The van der Waals surface area contributed by atoms with E-state index in [1.54, 1.807) is 0 Å². The molecule has 0 spiro atoms. The van der Waals surface area contributed by atoms with Crippen molar-refractivity contribution in [1.82, 2.24) is 4.98 Å². The van der Waals surface area contributed by atoms with E-state index >= 15 is 0 Å². The maximum atomic E-state index is 13.2. The predicted octanol–water partition coefficient (Wildman–Crippen LogP) is 2.18. The van der Waals surface area contributed by atoms with Crippen LogP contribution in [0.1, 0.15) is 23.4 Å². The monoisotopic (exact) mass is 233 g/mol. The Morgan fingerprint density at radius 3 is 2.69 bits per heavy atom. The molecule has 0 saturated carbocycles. The van der Waals surface area contributed by atoms with E-state index in [1.807, 2.05) is 0 Å². The van der Waals surface area contributed by atoms with E-state index in [4.69, 9.17) is 0 Å². The van der Waals surface area contributed by atoms with Crippen LogP contribution in [0.5, 0.6) is 0 Å². The zero-order valence-corrected chi connectivity index (χ0v) is 8.76. The molecule has 0 atom stereocenters. The molecule has 0 amide bonds. The van der Waals surface area contributed by atoms with Crippen LogP contribution in [0.15, 0.2) is 6.07 Å². The molecule has 0 fully saturated rings. The quantitative estimate of drug-likeness (QED) is 0.751. The second-order valence-electron chi connectivity index (χ2n) is 3.15. The number of carbonyl (C=O) groups is 1. The van der Waals surface area contributed by atoms with Gasteiger partial charge in [-0.15, -0.1) is 0 Å². The summed E-state index contributed by atoms with van der Waals surface area (Å²) in [5, 5.41) is 0. The Bertz CT molecular complexity index is 407. The van der Waals surface area contributed by atoms with Gasteiger partial charge in [0, 0.05) is 11.6 Å². The molecule has 1 aromatic heterocycles. The molecule has 0 bridgehead atoms. The van der Waals surface area contributed by atoms with Crippen LogP contribution in [0.2, 0.25) is 0 Å². The largest absolute Gasteiger partial charge is 0.469 e. The van der Waals surface area contributed by atoms with Crippen LogP contribution in [0.4, 0.5) is 13.2 Å². The number of carbonyl (C=O) groups excluding carboxylic acids is 1. The minimum atomic E-state index is -2.87. The van der Waals surface area contributed by atoms with Gasteiger partial charge in [0.15, 0.2) is 0 Å². The molecule has 0 aliphatic rings. The van der Waals surface area contributed by atoms with E-state index in [-0.39, 0.29) is 17.7 Å². The molecule has 88 valence electrons. The second-order valence-corrected chi connectivity index (χ2v) is 3.15. The summed E-state index contributed by atoms with van der Waals surface area (Å²) in [4.78, 5) is 14.5. The molecule has 16 heavy (non-hydrogen) atoms. The fraction of sp³-hybridized carbons (Fsp3) is 0.400. The lowest BCUT2D eigenvalue weighted by molar-refractivity contribution is -0.139. The van der Waals surface area contributed by atoms with Gasteiger partial charge >= 0.3 is 5.97 Å².